The highest BCUT2D eigenvalue weighted by Crippen LogP contribution is 2.27. The second-order valence-corrected chi connectivity index (χ2v) is 10.5. The van der Waals surface area contributed by atoms with E-state index in [9.17, 15) is 13.2 Å². The number of carbonyl (C=O) groups is 1. The molecule has 0 saturated carbocycles. The molecule has 9 heteroatoms. The van der Waals surface area contributed by atoms with Crippen LogP contribution in [0.15, 0.2) is 29.2 Å². The Morgan fingerprint density at radius 3 is 2.64 bits per heavy atom. The van der Waals surface area contributed by atoms with E-state index in [1.54, 1.807) is 18.2 Å². The van der Waals surface area contributed by atoms with Crippen LogP contribution in [0.5, 0.6) is 0 Å². The van der Waals surface area contributed by atoms with E-state index in [0.29, 0.717) is 30.1 Å². The van der Waals surface area contributed by atoms with Gasteiger partial charge in [0, 0.05) is 25.1 Å². The van der Waals surface area contributed by atoms with Crippen molar-refractivity contribution in [2.45, 2.75) is 44.9 Å². The van der Waals surface area contributed by atoms with E-state index in [4.69, 9.17) is 0 Å². The Morgan fingerprint density at radius 1 is 1.25 bits per heavy atom. The first kappa shape index (κ1) is 20.9. The lowest BCUT2D eigenvalue weighted by Crippen LogP contribution is -2.42. The Balaban J connectivity index is 1.78. The summed E-state index contributed by atoms with van der Waals surface area (Å²) in [5, 5.41) is 12.0. The zero-order valence-corrected chi connectivity index (χ0v) is 18.0. The fraction of sp³-hybridized carbons (Fsp3) is 0.526. The third kappa shape index (κ3) is 4.76. The van der Waals surface area contributed by atoms with E-state index in [-0.39, 0.29) is 10.5 Å². The summed E-state index contributed by atoms with van der Waals surface area (Å²) in [5.74, 6) is 0.246. The van der Waals surface area contributed by atoms with E-state index in [2.05, 4.69) is 36.3 Å². The highest BCUT2D eigenvalue weighted by atomic mass is 32.2. The topological polar surface area (TPSA) is 92.3 Å². The molecule has 1 N–H and O–H groups in total. The minimum Gasteiger partial charge on any atom is -0.296 e. The van der Waals surface area contributed by atoms with Crippen molar-refractivity contribution < 1.29 is 13.2 Å². The van der Waals surface area contributed by atoms with E-state index in [1.165, 1.54) is 21.7 Å². The number of benzene rings is 1. The molecular formula is C19H26N4O3S2. The first-order valence-corrected chi connectivity index (χ1v) is 11.8. The van der Waals surface area contributed by atoms with Gasteiger partial charge in [-0.15, -0.1) is 10.2 Å². The quantitative estimate of drug-likeness (QED) is 0.770. The molecule has 0 radical (unpaired) electrons. The van der Waals surface area contributed by atoms with Crippen LogP contribution in [0, 0.1) is 11.8 Å². The van der Waals surface area contributed by atoms with Gasteiger partial charge in [-0.3, -0.25) is 10.1 Å². The molecule has 2 atom stereocenters. The molecule has 1 fully saturated rings. The minimum atomic E-state index is -3.63. The maximum atomic E-state index is 13.1. The van der Waals surface area contributed by atoms with Gasteiger partial charge in [-0.1, -0.05) is 38.2 Å². The van der Waals surface area contributed by atoms with Gasteiger partial charge in [0.2, 0.25) is 15.2 Å². The third-order valence-electron chi connectivity index (χ3n) is 4.72. The molecule has 1 aromatic carbocycles. The number of nitrogens with zero attached hydrogens (tertiary/aromatic N) is 3. The summed E-state index contributed by atoms with van der Waals surface area (Å²) < 4.78 is 27.7. The molecule has 1 saturated heterocycles. The number of aryl methyl sites for hydroxylation is 1. The Morgan fingerprint density at radius 2 is 1.96 bits per heavy atom. The summed E-state index contributed by atoms with van der Waals surface area (Å²) in [4.78, 5) is 12.7. The number of carbonyl (C=O) groups excluding carboxylic acids is 1. The standard InChI is InChI=1S/C19H26N4O3S2/c1-4-6-17-21-22-19(27-17)20-18(24)15-7-5-8-16(10-15)28(25,26)23-11-13(2)9-14(3)12-23/h5,7-8,10,13-14H,4,6,9,11-12H2,1-3H3,(H,20,22,24). The smallest absolute Gasteiger partial charge is 0.257 e. The van der Waals surface area contributed by atoms with Gasteiger partial charge in [-0.25, -0.2) is 8.42 Å². The van der Waals surface area contributed by atoms with Gasteiger partial charge < -0.3 is 0 Å². The number of hydrogen-bond donors (Lipinski definition) is 1. The van der Waals surface area contributed by atoms with Crippen molar-refractivity contribution in [3.05, 3.63) is 34.8 Å². The third-order valence-corrected chi connectivity index (χ3v) is 7.45. The summed E-state index contributed by atoms with van der Waals surface area (Å²) in [5.41, 5.74) is 0.284. The van der Waals surface area contributed by atoms with Crippen molar-refractivity contribution in [3.8, 4) is 0 Å². The molecule has 1 amide bonds. The van der Waals surface area contributed by atoms with Gasteiger partial charge in [0.25, 0.3) is 5.91 Å². The lowest BCUT2D eigenvalue weighted by Gasteiger charge is -2.34. The number of anilines is 1. The molecule has 0 aliphatic carbocycles. The zero-order valence-electron chi connectivity index (χ0n) is 16.4. The summed E-state index contributed by atoms with van der Waals surface area (Å²) in [7, 11) is -3.63. The number of piperidine rings is 1. The Hall–Kier alpha value is -1.84. The average molecular weight is 423 g/mol. The molecule has 152 valence electrons. The van der Waals surface area contributed by atoms with E-state index < -0.39 is 15.9 Å². The van der Waals surface area contributed by atoms with Crippen LogP contribution in [0.4, 0.5) is 5.13 Å². The summed E-state index contributed by atoms with van der Waals surface area (Å²) in [6.07, 6.45) is 2.79. The number of amides is 1. The van der Waals surface area contributed by atoms with Crippen LogP contribution in [0.25, 0.3) is 0 Å². The van der Waals surface area contributed by atoms with Crippen LogP contribution >= 0.6 is 11.3 Å². The van der Waals surface area contributed by atoms with Gasteiger partial charge in [-0.05, 0) is 42.9 Å². The Labute approximate surface area is 170 Å². The zero-order chi connectivity index (χ0) is 20.3. The van der Waals surface area contributed by atoms with Gasteiger partial charge in [-0.2, -0.15) is 4.31 Å². The fourth-order valence-corrected chi connectivity index (χ4v) is 6.10. The fourth-order valence-electron chi connectivity index (χ4n) is 3.54. The van der Waals surface area contributed by atoms with Crippen LogP contribution in [0.2, 0.25) is 0 Å². The van der Waals surface area contributed by atoms with Crippen molar-refractivity contribution >= 4 is 32.4 Å². The second-order valence-electron chi connectivity index (χ2n) is 7.50. The average Bonchev–Trinajstić information content (AvgIpc) is 3.08. The summed E-state index contributed by atoms with van der Waals surface area (Å²) in [6, 6.07) is 6.17. The monoisotopic (exact) mass is 422 g/mol. The molecule has 1 aliphatic rings. The maximum Gasteiger partial charge on any atom is 0.257 e. The van der Waals surface area contributed by atoms with Crippen LogP contribution in [-0.2, 0) is 16.4 Å². The minimum absolute atomic E-state index is 0.144. The van der Waals surface area contributed by atoms with Crippen molar-refractivity contribution in [1.82, 2.24) is 14.5 Å². The van der Waals surface area contributed by atoms with Gasteiger partial charge in [0.1, 0.15) is 5.01 Å². The molecule has 2 heterocycles. The lowest BCUT2D eigenvalue weighted by atomic mass is 9.94. The number of nitrogens with one attached hydrogen (secondary N) is 1. The first-order chi connectivity index (χ1) is 13.3. The Kier molecular flexibility index (Phi) is 6.47. The van der Waals surface area contributed by atoms with Gasteiger partial charge in [0.15, 0.2) is 0 Å². The highest BCUT2D eigenvalue weighted by Gasteiger charge is 2.32. The van der Waals surface area contributed by atoms with Gasteiger partial charge >= 0.3 is 0 Å². The number of sulfonamides is 1. The van der Waals surface area contributed by atoms with E-state index >= 15 is 0 Å². The first-order valence-electron chi connectivity index (χ1n) is 9.53. The van der Waals surface area contributed by atoms with Crippen LogP contribution in [0.1, 0.15) is 49.0 Å². The number of aromatic nitrogens is 2. The number of hydrogen-bond acceptors (Lipinski definition) is 6. The SMILES string of the molecule is CCCc1nnc(NC(=O)c2cccc(S(=O)(=O)N3CC(C)CC(C)C3)c2)s1. The van der Waals surface area contributed by atoms with Crippen molar-refractivity contribution in [2.75, 3.05) is 18.4 Å². The van der Waals surface area contributed by atoms with E-state index in [0.717, 1.165) is 24.3 Å². The van der Waals surface area contributed by atoms with Crippen LogP contribution in [-0.4, -0.2) is 41.9 Å². The normalized spacial score (nSPS) is 20.8. The lowest BCUT2D eigenvalue weighted by molar-refractivity contribution is 0.102. The molecule has 28 heavy (non-hydrogen) atoms. The predicted molar refractivity (Wildman–Crippen MR) is 110 cm³/mol. The van der Waals surface area contributed by atoms with Gasteiger partial charge in [0.05, 0.1) is 4.90 Å². The van der Waals surface area contributed by atoms with Crippen LogP contribution in [0.3, 0.4) is 0 Å². The molecular weight excluding hydrogens is 396 g/mol. The second kappa shape index (κ2) is 8.67. The van der Waals surface area contributed by atoms with Crippen LogP contribution < -0.4 is 5.32 Å². The molecule has 0 bridgehead atoms. The molecule has 2 unspecified atom stereocenters. The van der Waals surface area contributed by atoms with Crippen molar-refractivity contribution in [1.29, 1.82) is 0 Å². The molecule has 2 aromatic rings. The highest BCUT2D eigenvalue weighted by molar-refractivity contribution is 7.89. The molecule has 3 rings (SSSR count). The predicted octanol–water partition coefficient (Wildman–Crippen LogP) is 3.41. The summed E-state index contributed by atoms with van der Waals surface area (Å²) >= 11 is 1.33. The molecule has 7 nitrogen and oxygen atoms in total. The number of rotatable bonds is 6. The largest absolute Gasteiger partial charge is 0.296 e. The Bertz CT molecular complexity index is 932. The summed E-state index contributed by atoms with van der Waals surface area (Å²) in [6.45, 7) is 7.20. The molecule has 1 aromatic heterocycles. The maximum absolute atomic E-state index is 13.1. The molecule has 1 aliphatic heterocycles. The van der Waals surface area contributed by atoms with Crippen molar-refractivity contribution in [2.24, 2.45) is 11.8 Å². The molecule has 0 spiro atoms. The van der Waals surface area contributed by atoms with Crippen molar-refractivity contribution in [3.63, 3.8) is 0 Å². The van der Waals surface area contributed by atoms with E-state index in [1.807, 2.05) is 0 Å².